The lowest BCUT2D eigenvalue weighted by molar-refractivity contribution is -0.141. The van der Waals surface area contributed by atoms with Crippen molar-refractivity contribution in [3.8, 4) is 0 Å². The van der Waals surface area contributed by atoms with Crippen LogP contribution in [-0.4, -0.2) is 60.6 Å². The van der Waals surface area contributed by atoms with E-state index in [1.807, 2.05) is 0 Å². The van der Waals surface area contributed by atoms with Gasteiger partial charge in [0.05, 0.1) is 5.92 Å². The molecule has 0 amide bonds. The lowest BCUT2D eigenvalue weighted by Crippen LogP contribution is -2.46. The van der Waals surface area contributed by atoms with Crippen molar-refractivity contribution in [1.29, 1.82) is 0 Å². The molecule has 4 nitrogen and oxygen atoms in total. The Morgan fingerprint density at radius 3 is 2.80 bits per heavy atom. The van der Waals surface area contributed by atoms with Crippen molar-refractivity contribution in [3.05, 3.63) is 0 Å². The maximum atomic E-state index is 10.8. The van der Waals surface area contributed by atoms with Gasteiger partial charge in [0.1, 0.15) is 0 Å². The predicted molar refractivity (Wildman–Crippen MR) is 59.9 cm³/mol. The zero-order valence-electron chi connectivity index (χ0n) is 9.94. The molecule has 0 radical (unpaired) electrons. The molecule has 1 N–H and O–H groups in total. The first-order chi connectivity index (χ1) is 7.00. The van der Waals surface area contributed by atoms with Gasteiger partial charge in [0.15, 0.2) is 0 Å². The Balaban J connectivity index is 2.39. The van der Waals surface area contributed by atoms with E-state index in [9.17, 15) is 4.79 Å². The average molecular weight is 214 g/mol. The maximum Gasteiger partial charge on any atom is 0.307 e. The molecule has 1 aliphatic rings. The minimum absolute atomic E-state index is 0.258. The summed E-state index contributed by atoms with van der Waals surface area (Å²) in [6.45, 7) is 4.51. The van der Waals surface area contributed by atoms with E-state index in [0.717, 1.165) is 13.1 Å². The summed E-state index contributed by atoms with van der Waals surface area (Å²) in [7, 11) is 4.18. The second-order valence-corrected chi connectivity index (χ2v) is 4.76. The Labute approximate surface area is 91.9 Å². The lowest BCUT2D eigenvalue weighted by atomic mass is 10.0. The zero-order valence-corrected chi connectivity index (χ0v) is 9.94. The lowest BCUT2D eigenvalue weighted by Gasteiger charge is -2.36. The second-order valence-electron chi connectivity index (χ2n) is 4.76. The third kappa shape index (κ3) is 3.80. The van der Waals surface area contributed by atoms with Gasteiger partial charge in [0.2, 0.25) is 0 Å². The van der Waals surface area contributed by atoms with Crippen LogP contribution in [0.15, 0.2) is 0 Å². The highest BCUT2D eigenvalue weighted by molar-refractivity contribution is 5.69. The Morgan fingerprint density at radius 2 is 2.27 bits per heavy atom. The molecule has 0 bridgehead atoms. The van der Waals surface area contributed by atoms with Crippen LogP contribution in [-0.2, 0) is 4.79 Å². The molecule has 0 aromatic rings. The van der Waals surface area contributed by atoms with Crippen LogP contribution >= 0.6 is 0 Å². The standard InChI is InChI=1S/C11H22N2O2/c1-9(11(14)15)7-13-6-4-5-10(8-13)12(2)3/h9-10H,4-8H2,1-3H3,(H,14,15). The van der Waals surface area contributed by atoms with Gasteiger partial charge in [-0.1, -0.05) is 6.92 Å². The fraction of sp³-hybridized carbons (Fsp3) is 0.909. The van der Waals surface area contributed by atoms with Crippen LogP contribution in [0.4, 0.5) is 0 Å². The normalized spacial score (nSPS) is 25.5. The number of carbonyl (C=O) groups is 1. The van der Waals surface area contributed by atoms with E-state index in [0.29, 0.717) is 12.6 Å². The smallest absolute Gasteiger partial charge is 0.307 e. The van der Waals surface area contributed by atoms with Crippen LogP contribution in [0.5, 0.6) is 0 Å². The summed E-state index contributed by atoms with van der Waals surface area (Å²) in [4.78, 5) is 15.3. The maximum absolute atomic E-state index is 10.8. The fourth-order valence-electron chi connectivity index (χ4n) is 2.08. The molecule has 0 aliphatic carbocycles. The Morgan fingerprint density at radius 1 is 1.60 bits per heavy atom. The number of nitrogens with zero attached hydrogens (tertiary/aromatic N) is 2. The third-order valence-electron chi connectivity index (χ3n) is 3.16. The van der Waals surface area contributed by atoms with E-state index < -0.39 is 5.97 Å². The molecule has 2 atom stereocenters. The second kappa shape index (κ2) is 5.47. The van der Waals surface area contributed by atoms with Crippen molar-refractivity contribution in [2.75, 3.05) is 33.7 Å². The number of likely N-dealkylation sites (tertiary alicyclic amines) is 1. The molecule has 1 aliphatic heterocycles. The molecule has 1 saturated heterocycles. The van der Waals surface area contributed by atoms with Gasteiger partial charge in [0.25, 0.3) is 0 Å². The minimum atomic E-state index is -0.693. The number of carboxylic acids is 1. The summed E-state index contributed by atoms with van der Waals surface area (Å²) in [6.07, 6.45) is 2.40. The zero-order chi connectivity index (χ0) is 11.4. The Kier molecular flexibility index (Phi) is 4.54. The summed E-state index contributed by atoms with van der Waals surface area (Å²) in [5.41, 5.74) is 0. The number of piperidine rings is 1. The van der Waals surface area contributed by atoms with Gasteiger partial charge < -0.3 is 14.9 Å². The van der Waals surface area contributed by atoms with Crippen LogP contribution in [0, 0.1) is 5.92 Å². The van der Waals surface area contributed by atoms with Crippen molar-refractivity contribution >= 4 is 5.97 Å². The van der Waals surface area contributed by atoms with Gasteiger partial charge in [-0.3, -0.25) is 4.79 Å². The van der Waals surface area contributed by atoms with Crippen molar-refractivity contribution in [3.63, 3.8) is 0 Å². The predicted octanol–water partition coefficient (Wildman–Crippen LogP) is 0.733. The summed E-state index contributed by atoms with van der Waals surface area (Å²) < 4.78 is 0. The van der Waals surface area contributed by atoms with Crippen LogP contribution in [0.1, 0.15) is 19.8 Å². The molecule has 0 spiro atoms. The molecule has 1 fully saturated rings. The topological polar surface area (TPSA) is 43.8 Å². The summed E-state index contributed by atoms with van der Waals surface area (Å²) in [6, 6.07) is 0.583. The molecule has 1 heterocycles. The monoisotopic (exact) mass is 214 g/mol. The van der Waals surface area contributed by atoms with Crippen LogP contribution in [0.25, 0.3) is 0 Å². The first-order valence-corrected chi connectivity index (χ1v) is 5.62. The Hall–Kier alpha value is -0.610. The molecular weight excluding hydrogens is 192 g/mol. The van der Waals surface area contributed by atoms with E-state index in [4.69, 9.17) is 5.11 Å². The minimum Gasteiger partial charge on any atom is -0.481 e. The van der Waals surface area contributed by atoms with Gasteiger partial charge in [-0.25, -0.2) is 0 Å². The van der Waals surface area contributed by atoms with E-state index in [1.165, 1.54) is 12.8 Å². The molecule has 0 aromatic carbocycles. The number of hydrogen-bond acceptors (Lipinski definition) is 3. The number of likely N-dealkylation sites (N-methyl/N-ethyl adjacent to an activating group) is 1. The molecule has 2 unspecified atom stereocenters. The van der Waals surface area contributed by atoms with Gasteiger partial charge in [-0.05, 0) is 33.5 Å². The number of hydrogen-bond donors (Lipinski definition) is 1. The molecule has 1 rings (SSSR count). The quantitative estimate of drug-likeness (QED) is 0.749. The largest absolute Gasteiger partial charge is 0.481 e. The van der Waals surface area contributed by atoms with E-state index in [1.54, 1.807) is 6.92 Å². The SMILES string of the molecule is CC(CN1CCCC(N(C)C)C1)C(=O)O. The summed E-state index contributed by atoms with van der Waals surface area (Å²) in [5.74, 6) is -0.951. The third-order valence-corrected chi connectivity index (χ3v) is 3.16. The van der Waals surface area contributed by atoms with Gasteiger partial charge >= 0.3 is 5.97 Å². The van der Waals surface area contributed by atoms with Gasteiger partial charge in [0, 0.05) is 19.1 Å². The van der Waals surface area contributed by atoms with Crippen molar-refractivity contribution in [2.45, 2.75) is 25.8 Å². The van der Waals surface area contributed by atoms with E-state index >= 15 is 0 Å². The number of aliphatic carboxylic acids is 1. The first kappa shape index (κ1) is 12.5. The number of rotatable bonds is 4. The number of carboxylic acid groups (broad SMARTS) is 1. The van der Waals surface area contributed by atoms with Crippen LogP contribution in [0.2, 0.25) is 0 Å². The van der Waals surface area contributed by atoms with Crippen LogP contribution in [0.3, 0.4) is 0 Å². The van der Waals surface area contributed by atoms with Crippen LogP contribution < -0.4 is 0 Å². The highest BCUT2D eigenvalue weighted by atomic mass is 16.4. The highest BCUT2D eigenvalue weighted by Crippen LogP contribution is 2.15. The van der Waals surface area contributed by atoms with E-state index in [2.05, 4.69) is 23.9 Å². The molecule has 4 heteroatoms. The van der Waals surface area contributed by atoms with Crippen molar-refractivity contribution in [2.24, 2.45) is 5.92 Å². The van der Waals surface area contributed by atoms with Gasteiger partial charge in [-0.15, -0.1) is 0 Å². The Bertz CT molecular complexity index is 219. The molecule has 0 aromatic heterocycles. The molecule has 15 heavy (non-hydrogen) atoms. The summed E-state index contributed by atoms with van der Waals surface area (Å²) in [5, 5.41) is 8.85. The van der Waals surface area contributed by atoms with Crippen molar-refractivity contribution < 1.29 is 9.90 Å². The molecule has 0 saturated carbocycles. The van der Waals surface area contributed by atoms with Crippen molar-refractivity contribution in [1.82, 2.24) is 9.80 Å². The highest BCUT2D eigenvalue weighted by Gasteiger charge is 2.24. The van der Waals surface area contributed by atoms with Gasteiger partial charge in [-0.2, -0.15) is 0 Å². The average Bonchev–Trinajstić information content (AvgIpc) is 2.18. The van der Waals surface area contributed by atoms with E-state index in [-0.39, 0.29) is 5.92 Å². The first-order valence-electron chi connectivity index (χ1n) is 5.62. The fourth-order valence-corrected chi connectivity index (χ4v) is 2.08. The molecular formula is C11H22N2O2. The molecule has 88 valence electrons. The summed E-state index contributed by atoms with van der Waals surface area (Å²) >= 11 is 0.